The van der Waals surface area contributed by atoms with Crippen molar-refractivity contribution in [1.29, 1.82) is 0 Å². The lowest BCUT2D eigenvalue weighted by atomic mass is 10.1. The highest BCUT2D eigenvalue weighted by atomic mass is 16.6. The van der Waals surface area contributed by atoms with E-state index in [9.17, 15) is 35.6 Å². The smallest absolute Gasteiger partial charge is 0.315 e. The number of phenols is 5. The molecule has 0 saturated carbocycles. The molecule has 2 aromatic carbocycles. The Labute approximate surface area is 144 Å². The molecule has 134 valence electrons. The first kappa shape index (κ1) is 16.8. The second-order valence-corrected chi connectivity index (χ2v) is 5.30. The SMILES string of the molecule is O=[N+]([O-])c1cc(-c2nc(Cc3cc(O)c(O)c(O)c3)no2)cc(O)c1O. The van der Waals surface area contributed by atoms with E-state index < -0.39 is 39.4 Å². The molecule has 0 fully saturated rings. The van der Waals surface area contributed by atoms with Crippen LogP contribution in [0.3, 0.4) is 0 Å². The third-order valence-electron chi connectivity index (χ3n) is 3.47. The number of nitrogens with zero attached hydrogens (tertiary/aromatic N) is 3. The molecule has 0 aliphatic heterocycles. The Kier molecular flexibility index (Phi) is 3.96. The zero-order valence-electron chi connectivity index (χ0n) is 12.8. The number of nitro groups is 1. The Hall–Kier alpha value is -4.02. The molecule has 0 amide bonds. The number of aromatic nitrogens is 2. The summed E-state index contributed by atoms with van der Waals surface area (Å²) in [5.74, 6) is -3.35. The largest absolute Gasteiger partial charge is 0.504 e. The van der Waals surface area contributed by atoms with Crippen LogP contribution in [0.2, 0.25) is 0 Å². The highest BCUT2D eigenvalue weighted by Gasteiger charge is 2.22. The van der Waals surface area contributed by atoms with Crippen molar-refractivity contribution in [1.82, 2.24) is 10.1 Å². The Balaban J connectivity index is 1.92. The van der Waals surface area contributed by atoms with Gasteiger partial charge >= 0.3 is 5.69 Å². The predicted molar refractivity (Wildman–Crippen MR) is 84.0 cm³/mol. The lowest BCUT2D eigenvalue weighted by Gasteiger charge is -2.03. The summed E-state index contributed by atoms with van der Waals surface area (Å²) in [5.41, 5.74) is -0.347. The summed E-state index contributed by atoms with van der Waals surface area (Å²) in [7, 11) is 0. The van der Waals surface area contributed by atoms with Gasteiger partial charge in [-0.1, -0.05) is 5.16 Å². The van der Waals surface area contributed by atoms with Gasteiger partial charge < -0.3 is 30.1 Å². The van der Waals surface area contributed by atoms with Crippen LogP contribution in [0.5, 0.6) is 28.7 Å². The van der Waals surface area contributed by atoms with Crippen molar-refractivity contribution in [3.05, 3.63) is 45.8 Å². The average Bonchev–Trinajstić information content (AvgIpc) is 3.03. The average molecular weight is 361 g/mol. The summed E-state index contributed by atoms with van der Waals surface area (Å²) in [4.78, 5) is 14.0. The van der Waals surface area contributed by atoms with Crippen LogP contribution in [0.1, 0.15) is 11.4 Å². The Bertz CT molecular complexity index is 991. The molecule has 26 heavy (non-hydrogen) atoms. The standard InChI is InChI=1S/C15H11N3O8/c19-9-1-6(2-10(20)14(9)23)3-12-16-15(26-17-12)7-4-8(18(24)25)13(22)11(21)5-7/h1-2,4-5,19-23H,3H2. The number of rotatable bonds is 4. The maximum Gasteiger partial charge on any atom is 0.315 e. The highest BCUT2D eigenvalue weighted by molar-refractivity contribution is 5.67. The van der Waals surface area contributed by atoms with Crippen LogP contribution < -0.4 is 0 Å². The zero-order valence-corrected chi connectivity index (χ0v) is 12.8. The topological polar surface area (TPSA) is 183 Å². The minimum absolute atomic E-state index is 0.0110. The van der Waals surface area contributed by atoms with Crippen LogP contribution in [0.15, 0.2) is 28.8 Å². The summed E-state index contributed by atoms with van der Waals surface area (Å²) in [6.07, 6.45) is 0.0110. The van der Waals surface area contributed by atoms with E-state index in [0.717, 1.165) is 12.1 Å². The second kappa shape index (κ2) is 6.12. The van der Waals surface area contributed by atoms with Crippen molar-refractivity contribution in [2.24, 2.45) is 0 Å². The molecule has 11 nitrogen and oxygen atoms in total. The van der Waals surface area contributed by atoms with Crippen molar-refractivity contribution in [3.63, 3.8) is 0 Å². The van der Waals surface area contributed by atoms with Crippen LogP contribution in [-0.4, -0.2) is 40.6 Å². The highest BCUT2D eigenvalue weighted by Crippen LogP contribution is 2.39. The predicted octanol–water partition coefficient (Wildman–Crippen LogP) is 1.76. The summed E-state index contributed by atoms with van der Waals surface area (Å²) in [6.45, 7) is 0. The molecule has 11 heteroatoms. The monoisotopic (exact) mass is 361 g/mol. The van der Waals surface area contributed by atoms with Gasteiger partial charge in [0.05, 0.1) is 10.5 Å². The van der Waals surface area contributed by atoms with Gasteiger partial charge in [0.1, 0.15) is 0 Å². The number of hydrogen-bond acceptors (Lipinski definition) is 10. The molecule has 0 aliphatic rings. The second-order valence-electron chi connectivity index (χ2n) is 5.30. The van der Waals surface area contributed by atoms with Gasteiger partial charge in [-0.2, -0.15) is 4.98 Å². The lowest BCUT2D eigenvalue weighted by Crippen LogP contribution is -1.92. The molecule has 0 aliphatic carbocycles. The van der Waals surface area contributed by atoms with Gasteiger partial charge in [-0.3, -0.25) is 10.1 Å². The van der Waals surface area contributed by atoms with Gasteiger partial charge in [-0.25, -0.2) is 0 Å². The summed E-state index contributed by atoms with van der Waals surface area (Å²) < 4.78 is 4.99. The van der Waals surface area contributed by atoms with Gasteiger partial charge in [0, 0.05) is 12.5 Å². The van der Waals surface area contributed by atoms with Gasteiger partial charge in [0.15, 0.2) is 28.8 Å². The molecule has 5 N–H and O–H groups in total. The summed E-state index contributed by atoms with van der Waals surface area (Å²) in [6, 6.07) is 4.38. The van der Waals surface area contributed by atoms with Crippen molar-refractivity contribution in [2.45, 2.75) is 6.42 Å². The van der Waals surface area contributed by atoms with E-state index in [-0.39, 0.29) is 23.7 Å². The molecule has 1 aromatic heterocycles. The van der Waals surface area contributed by atoms with E-state index >= 15 is 0 Å². The van der Waals surface area contributed by atoms with Gasteiger partial charge in [-0.05, 0) is 23.8 Å². The van der Waals surface area contributed by atoms with Crippen molar-refractivity contribution in [2.75, 3.05) is 0 Å². The fraction of sp³-hybridized carbons (Fsp3) is 0.0667. The fourth-order valence-electron chi connectivity index (χ4n) is 2.26. The first-order valence-electron chi connectivity index (χ1n) is 7.03. The molecule has 0 saturated heterocycles. The van der Waals surface area contributed by atoms with E-state index in [1.165, 1.54) is 12.1 Å². The van der Waals surface area contributed by atoms with Crippen LogP contribution >= 0.6 is 0 Å². The maximum atomic E-state index is 10.9. The van der Waals surface area contributed by atoms with Crippen molar-refractivity contribution in [3.8, 4) is 40.2 Å². The Morgan fingerprint density at radius 3 is 2.19 bits per heavy atom. The fourth-order valence-corrected chi connectivity index (χ4v) is 2.26. The van der Waals surface area contributed by atoms with Crippen LogP contribution in [0.4, 0.5) is 5.69 Å². The normalized spacial score (nSPS) is 10.8. The third kappa shape index (κ3) is 3.00. The van der Waals surface area contributed by atoms with Crippen molar-refractivity contribution >= 4 is 5.69 Å². The van der Waals surface area contributed by atoms with E-state index in [2.05, 4.69) is 10.1 Å². The zero-order chi connectivity index (χ0) is 19.0. The molecule has 1 heterocycles. The number of benzene rings is 2. The van der Waals surface area contributed by atoms with Gasteiger partial charge in [0.2, 0.25) is 5.75 Å². The molecule has 0 spiro atoms. The Morgan fingerprint density at radius 1 is 0.962 bits per heavy atom. The van der Waals surface area contributed by atoms with Crippen molar-refractivity contribution < 1.29 is 35.0 Å². The molecule has 3 aromatic rings. The van der Waals surface area contributed by atoms with E-state index in [1.807, 2.05) is 0 Å². The van der Waals surface area contributed by atoms with E-state index in [4.69, 9.17) is 4.52 Å². The number of aromatic hydroxyl groups is 5. The quantitative estimate of drug-likeness (QED) is 0.260. The number of nitro benzene ring substituents is 1. The summed E-state index contributed by atoms with van der Waals surface area (Å²) in [5, 5.41) is 62.0. The van der Waals surface area contributed by atoms with Gasteiger partial charge in [-0.15, -0.1) is 0 Å². The molecular formula is C15H11N3O8. The van der Waals surface area contributed by atoms with Crippen LogP contribution in [0, 0.1) is 10.1 Å². The first-order valence-corrected chi connectivity index (χ1v) is 7.03. The minimum Gasteiger partial charge on any atom is -0.504 e. The Morgan fingerprint density at radius 2 is 1.58 bits per heavy atom. The molecule has 0 radical (unpaired) electrons. The van der Waals surface area contributed by atoms with E-state index in [1.54, 1.807) is 0 Å². The first-order chi connectivity index (χ1) is 12.3. The number of phenolic OH excluding ortho intramolecular Hbond substituents is 5. The van der Waals surface area contributed by atoms with Crippen LogP contribution in [0.25, 0.3) is 11.5 Å². The molecular weight excluding hydrogens is 350 g/mol. The lowest BCUT2D eigenvalue weighted by molar-refractivity contribution is -0.385. The summed E-state index contributed by atoms with van der Waals surface area (Å²) >= 11 is 0. The number of hydrogen-bond donors (Lipinski definition) is 5. The van der Waals surface area contributed by atoms with Gasteiger partial charge in [0.25, 0.3) is 5.89 Å². The van der Waals surface area contributed by atoms with E-state index in [0.29, 0.717) is 5.56 Å². The molecule has 0 bridgehead atoms. The third-order valence-corrected chi connectivity index (χ3v) is 3.47. The van der Waals surface area contributed by atoms with Crippen LogP contribution in [-0.2, 0) is 6.42 Å². The molecule has 0 atom stereocenters. The minimum atomic E-state index is -0.881. The maximum absolute atomic E-state index is 10.9. The molecule has 0 unspecified atom stereocenters. The molecule has 3 rings (SSSR count).